The largest absolute Gasteiger partial charge is 0.354 e. The van der Waals surface area contributed by atoms with Gasteiger partial charge in [0.1, 0.15) is 6.04 Å². The topological polar surface area (TPSA) is 49.4 Å². The predicted octanol–water partition coefficient (Wildman–Crippen LogP) is 5.99. The summed E-state index contributed by atoms with van der Waals surface area (Å²) in [5.74, 6) is 0.850. The van der Waals surface area contributed by atoms with E-state index in [1.165, 1.54) is 11.8 Å². The van der Waals surface area contributed by atoms with Gasteiger partial charge in [-0.1, -0.05) is 79.9 Å². The second-order valence-corrected chi connectivity index (χ2v) is 9.43. The Bertz CT molecular complexity index is 864. The Morgan fingerprint density at radius 1 is 1.03 bits per heavy atom. The molecule has 2 rings (SSSR count). The van der Waals surface area contributed by atoms with Crippen LogP contribution in [-0.4, -0.2) is 41.6 Å². The lowest BCUT2D eigenvalue weighted by atomic mass is 10.1. The number of nitrogens with zero attached hydrogens (tertiary/aromatic N) is 1. The van der Waals surface area contributed by atoms with E-state index < -0.39 is 6.04 Å². The summed E-state index contributed by atoms with van der Waals surface area (Å²) in [5.41, 5.74) is 2.16. The molecule has 0 radical (unpaired) electrons. The van der Waals surface area contributed by atoms with Gasteiger partial charge in [0.2, 0.25) is 11.8 Å². The highest BCUT2D eigenvalue weighted by atomic mass is 35.5. The van der Waals surface area contributed by atoms with Gasteiger partial charge in [-0.15, -0.1) is 11.8 Å². The number of benzene rings is 2. The van der Waals surface area contributed by atoms with Gasteiger partial charge in [0.25, 0.3) is 0 Å². The molecule has 0 saturated carbocycles. The number of nitrogens with one attached hydrogen (secondary N) is 1. The Kier molecular flexibility index (Phi) is 12.0. The normalized spacial score (nSPS) is 11.8. The van der Waals surface area contributed by atoms with Gasteiger partial charge in [0, 0.05) is 18.8 Å². The monoisotopic (exact) mass is 494 g/mol. The van der Waals surface area contributed by atoms with Crippen LogP contribution in [0.25, 0.3) is 0 Å². The fourth-order valence-electron chi connectivity index (χ4n) is 3.37. The maximum Gasteiger partial charge on any atom is 0.242 e. The van der Waals surface area contributed by atoms with Crippen molar-refractivity contribution in [2.24, 2.45) is 0 Å². The zero-order valence-electron chi connectivity index (χ0n) is 18.8. The van der Waals surface area contributed by atoms with Gasteiger partial charge in [0.15, 0.2) is 0 Å². The van der Waals surface area contributed by atoms with Crippen LogP contribution in [0.1, 0.15) is 44.2 Å². The molecule has 2 amide bonds. The summed E-state index contributed by atoms with van der Waals surface area (Å²) >= 11 is 13.6. The van der Waals surface area contributed by atoms with Gasteiger partial charge >= 0.3 is 0 Å². The number of unbranched alkanes of at least 4 members (excludes halogenated alkanes) is 1. The van der Waals surface area contributed by atoms with Crippen LogP contribution in [-0.2, 0) is 21.8 Å². The maximum absolute atomic E-state index is 13.2. The molecule has 0 heterocycles. The molecule has 174 valence electrons. The van der Waals surface area contributed by atoms with Gasteiger partial charge < -0.3 is 10.2 Å². The third-order valence-corrected chi connectivity index (χ3v) is 6.91. The van der Waals surface area contributed by atoms with Gasteiger partial charge in [-0.3, -0.25) is 9.59 Å². The Morgan fingerprint density at radius 3 is 2.44 bits per heavy atom. The average Bonchev–Trinajstić information content (AvgIpc) is 2.79. The van der Waals surface area contributed by atoms with Crippen molar-refractivity contribution >= 4 is 46.8 Å². The van der Waals surface area contributed by atoms with Crippen LogP contribution in [0.3, 0.4) is 0 Å². The molecule has 0 bridgehead atoms. The number of rotatable bonds is 13. The number of hydrogen-bond acceptors (Lipinski definition) is 3. The van der Waals surface area contributed by atoms with Crippen molar-refractivity contribution in [2.45, 2.75) is 51.3 Å². The van der Waals surface area contributed by atoms with Crippen LogP contribution in [0.4, 0.5) is 0 Å². The van der Waals surface area contributed by atoms with E-state index in [0.29, 0.717) is 47.5 Å². The molecule has 2 aromatic rings. The van der Waals surface area contributed by atoms with Crippen molar-refractivity contribution in [2.75, 3.05) is 18.8 Å². The summed E-state index contributed by atoms with van der Waals surface area (Å²) in [6, 6.07) is 15.1. The van der Waals surface area contributed by atoms with E-state index in [2.05, 4.69) is 12.2 Å². The number of carbonyl (C=O) groups excluding carboxylic acids is 2. The SMILES string of the molecule is CCCCNC(=O)C(CC)N(CCc1ccccc1)C(=O)CSCc1ccc(Cl)c(Cl)c1. The standard InChI is InChI=1S/C25H32Cl2N2O2S/c1-3-5-14-28-25(31)23(4-2)29(15-13-19-9-7-6-8-10-19)24(30)18-32-17-20-11-12-21(26)22(27)16-20/h6-12,16,23H,3-5,13-15,17-18H2,1-2H3,(H,28,31). The van der Waals surface area contributed by atoms with Gasteiger partial charge in [-0.2, -0.15) is 0 Å². The molecule has 1 N–H and O–H groups in total. The van der Waals surface area contributed by atoms with Crippen LogP contribution >= 0.6 is 35.0 Å². The summed E-state index contributed by atoms with van der Waals surface area (Å²) in [4.78, 5) is 27.8. The lowest BCUT2D eigenvalue weighted by Crippen LogP contribution is -2.50. The first-order valence-corrected chi connectivity index (χ1v) is 13.0. The van der Waals surface area contributed by atoms with Crippen molar-refractivity contribution < 1.29 is 9.59 Å². The van der Waals surface area contributed by atoms with E-state index in [9.17, 15) is 9.59 Å². The molecular formula is C25H32Cl2N2O2S. The first kappa shape index (κ1) is 26.6. The third kappa shape index (κ3) is 8.68. The molecule has 0 saturated heterocycles. The lowest BCUT2D eigenvalue weighted by Gasteiger charge is -2.30. The number of halogens is 2. The Labute approximate surface area is 206 Å². The number of hydrogen-bond donors (Lipinski definition) is 1. The Morgan fingerprint density at radius 2 is 1.78 bits per heavy atom. The zero-order chi connectivity index (χ0) is 23.3. The van der Waals surface area contributed by atoms with Gasteiger partial charge in [-0.25, -0.2) is 0 Å². The van der Waals surface area contributed by atoms with E-state index >= 15 is 0 Å². The van der Waals surface area contributed by atoms with Crippen LogP contribution in [0.2, 0.25) is 10.0 Å². The van der Waals surface area contributed by atoms with E-state index in [1.807, 2.05) is 49.4 Å². The minimum absolute atomic E-state index is 0.0246. The first-order chi connectivity index (χ1) is 15.5. The predicted molar refractivity (Wildman–Crippen MR) is 136 cm³/mol. The van der Waals surface area contributed by atoms with Crippen molar-refractivity contribution in [1.29, 1.82) is 0 Å². The molecular weight excluding hydrogens is 463 g/mol. The molecule has 0 aliphatic heterocycles. The van der Waals surface area contributed by atoms with Crippen molar-refractivity contribution in [3.63, 3.8) is 0 Å². The summed E-state index contributed by atoms with van der Waals surface area (Å²) < 4.78 is 0. The van der Waals surface area contributed by atoms with Crippen LogP contribution in [0.15, 0.2) is 48.5 Å². The van der Waals surface area contributed by atoms with E-state index in [0.717, 1.165) is 24.0 Å². The van der Waals surface area contributed by atoms with Crippen LogP contribution < -0.4 is 5.32 Å². The smallest absolute Gasteiger partial charge is 0.242 e. The first-order valence-electron chi connectivity index (χ1n) is 11.1. The molecule has 0 fully saturated rings. The van der Waals surface area contributed by atoms with E-state index in [4.69, 9.17) is 23.2 Å². The van der Waals surface area contributed by atoms with Crippen LogP contribution in [0.5, 0.6) is 0 Å². The molecule has 0 aromatic heterocycles. The third-order valence-electron chi connectivity index (χ3n) is 5.18. The molecule has 2 aromatic carbocycles. The van der Waals surface area contributed by atoms with Crippen molar-refractivity contribution in [1.82, 2.24) is 10.2 Å². The van der Waals surface area contributed by atoms with Crippen LogP contribution in [0, 0.1) is 0 Å². The van der Waals surface area contributed by atoms with Crippen molar-refractivity contribution in [3.05, 3.63) is 69.7 Å². The second-order valence-electron chi connectivity index (χ2n) is 7.63. The lowest BCUT2D eigenvalue weighted by molar-refractivity contribution is -0.138. The molecule has 0 aliphatic rings. The number of carbonyl (C=O) groups is 2. The molecule has 7 heteroatoms. The Hall–Kier alpha value is -1.69. The molecule has 0 spiro atoms. The molecule has 4 nitrogen and oxygen atoms in total. The summed E-state index contributed by atoms with van der Waals surface area (Å²) in [6.07, 6.45) is 3.23. The highest BCUT2D eigenvalue weighted by Crippen LogP contribution is 2.25. The molecule has 32 heavy (non-hydrogen) atoms. The second kappa shape index (κ2) is 14.5. The highest BCUT2D eigenvalue weighted by Gasteiger charge is 2.27. The molecule has 1 atom stereocenters. The van der Waals surface area contributed by atoms with Gasteiger partial charge in [0.05, 0.1) is 15.8 Å². The summed E-state index contributed by atoms with van der Waals surface area (Å²) in [5, 5.41) is 4.02. The minimum atomic E-state index is -0.464. The van der Waals surface area contributed by atoms with Crippen molar-refractivity contribution in [3.8, 4) is 0 Å². The van der Waals surface area contributed by atoms with E-state index in [1.54, 1.807) is 11.0 Å². The van der Waals surface area contributed by atoms with Gasteiger partial charge in [-0.05, 0) is 42.5 Å². The quantitative estimate of drug-likeness (QED) is 0.347. The van der Waals surface area contributed by atoms with E-state index in [-0.39, 0.29) is 11.8 Å². The fourth-order valence-corrected chi connectivity index (χ4v) is 4.55. The number of amides is 2. The average molecular weight is 496 g/mol. The Balaban J connectivity index is 2.04. The molecule has 1 unspecified atom stereocenters. The summed E-state index contributed by atoms with van der Waals surface area (Å²) in [7, 11) is 0. The summed E-state index contributed by atoms with van der Waals surface area (Å²) in [6.45, 7) is 5.19. The fraction of sp³-hybridized carbons (Fsp3) is 0.440. The minimum Gasteiger partial charge on any atom is -0.354 e. The maximum atomic E-state index is 13.2. The highest BCUT2D eigenvalue weighted by molar-refractivity contribution is 7.99. The zero-order valence-corrected chi connectivity index (χ0v) is 21.1. The molecule has 0 aliphatic carbocycles. The number of thioether (sulfide) groups is 1.